The minimum Gasteiger partial charge on any atom is -0.311 e. The minimum atomic E-state index is -0.206. The van der Waals surface area contributed by atoms with Gasteiger partial charge in [-0.2, -0.15) is 0 Å². The zero-order chi connectivity index (χ0) is 28.3. The molecule has 2 heteroatoms. The van der Waals surface area contributed by atoms with E-state index in [9.17, 15) is 0 Å². The van der Waals surface area contributed by atoms with Crippen molar-refractivity contribution in [2.24, 2.45) is 0 Å². The molecule has 0 saturated carbocycles. The highest BCUT2D eigenvalue weighted by Crippen LogP contribution is 2.36. The second kappa shape index (κ2) is 11.2. The molecule has 0 radical (unpaired) electrons. The molecular weight excluding hydrogens is 513 g/mol. The van der Waals surface area contributed by atoms with Gasteiger partial charge in [-0.25, -0.2) is 4.39 Å². The molecule has 0 aliphatic heterocycles. The lowest BCUT2D eigenvalue weighted by Gasteiger charge is -2.25. The van der Waals surface area contributed by atoms with Crippen molar-refractivity contribution in [1.29, 1.82) is 0 Å². The second-order valence-electron chi connectivity index (χ2n) is 10.4. The molecule has 0 amide bonds. The van der Waals surface area contributed by atoms with Gasteiger partial charge in [0.1, 0.15) is 5.82 Å². The van der Waals surface area contributed by atoms with E-state index in [1.807, 2.05) is 48.5 Å². The van der Waals surface area contributed by atoms with Crippen molar-refractivity contribution in [1.82, 2.24) is 0 Å². The number of anilines is 3. The number of halogens is 1. The molecule has 0 atom stereocenters. The van der Waals surface area contributed by atoms with Crippen molar-refractivity contribution in [2.45, 2.75) is 0 Å². The lowest BCUT2D eigenvalue weighted by atomic mass is 9.96. The molecule has 0 fully saturated rings. The number of hydrogen-bond donors (Lipinski definition) is 0. The maximum Gasteiger partial charge on any atom is 0.131 e. The molecule has 0 bridgehead atoms. The van der Waals surface area contributed by atoms with Crippen LogP contribution in [0.3, 0.4) is 0 Å². The average molecular weight is 542 g/mol. The molecule has 1 nitrogen and oxygen atoms in total. The van der Waals surface area contributed by atoms with Crippen LogP contribution >= 0.6 is 0 Å². The summed E-state index contributed by atoms with van der Waals surface area (Å²) in [4.78, 5) is 2.26. The molecule has 0 unspecified atom stereocenters. The van der Waals surface area contributed by atoms with Crippen molar-refractivity contribution in [3.05, 3.63) is 176 Å². The van der Waals surface area contributed by atoms with Crippen LogP contribution in [0.4, 0.5) is 21.5 Å². The highest BCUT2D eigenvalue weighted by atomic mass is 19.1. The summed E-state index contributed by atoms with van der Waals surface area (Å²) in [5, 5.41) is 1.92. The summed E-state index contributed by atoms with van der Waals surface area (Å²) in [6.07, 6.45) is 0. The summed E-state index contributed by atoms with van der Waals surface area (Å²) in [6.45, 7) is 0. The van der Waals surface area contributed by atoms with E-state index in [4.69, 9.17) is 0 Å². The van der Waals surface area contributed by atoms with E-state index >= 15 is 4.39 Å². The smallest absolute Gasteiger partial charge is 0.131 e. The molecule has 0 N–H and O–H groups in total. The molecule has 0 aromatic heterocycles. The first-order chi connectivity index (χ1) is 20.7. The fourth-order valence-corrected chi connectivity index (χ4v) is 5.55. The molecule has 0 spiro atoms. The van der Waals surface area contributed by atoms with E-state index in [-0.39, 0.29) is 5.82 Å². The van der Waals surface area contributed by atoms with Gasteiger partial charge < -0.3 is 4.90 Å². The summed E-state index contributed by atoms with van der Waals surface area (Å²) in [7, 11) is 0. The van der Waals surface area contributed by atoms with Crippen molar-refractivity contribution in [3.63, 3.8) is 0 Å². The Morgan fingerprint density at radius 3 is 1.36 bits per heavy atom. The first-order valence-corrected chi connectivity index (χ1v) is 14.1. The molecule has 7 rings (SSSR count). The standard InChI is InChI=1S/C40H28FN/c41-40-28-35-26-33(20-21-34(35)27-39(40)32-10-4-1-5-11-32)31-18-16-29(17-19-31)30-22-24-38(25-23-30)42(36-12-6-2-7-13-36)37-14-8-3-9-15-37/h1-28H. The molecule has 7 aromatic rings. The first-order valence-electron chi connectivity index (χ1n) is 14.1. The first kappa shape index (κ1) is 25.5. The van der Waals surface area contributed by atoms with Gasteiger partial charge in [0.25, 0.3) is 0 Å². The molecule has 0 saturated heterocycles. The van der Waals surface area contributed by atoms with E-state index in [0.29, 0.717) is 5.56 Å². The van der Waals surface area contributed by atoms with Crippen LogP contribution in [0.1, 0.15) is 0 Å². The summed E-state index contributed by atoms with van der Waals surface area (Å²) < 4.78 is 15.0. The monoisotopic (exact) mass is 541 g/mol. The summed E-state index contributed by atoms with van der Waals surface area (Å²) in [6, 6.07) is 57.7. The zero-order valence-corrected chi connectivity index (χ0v) is 23.0. The molecule has 7 aromatic carbocycles. The molecule has 200 valence electrons. The summed E-state index contributed by atoms with van der Waals surface area (Å²) in [5.41, 5.74) is 9.32. The Morgan fingerprint density at radius 1 is 0.333 bits per heavy atom. The Kier molecular flexibility index (Phi) is 6.79. The van der Waals surface area contributed by atoms with Crippen molar-refractivity contribution in [3.8, 4) is 33.4 Å². The molecule has 0 aliphatic carbocycles. The van der Waals surface area contributed by atoms with Crippen LogP contribution in [0.25, 0.3) is 44.2 Å². The maximum atomic E-state index is 15.0. The number of benzene rings is 7. The van der Waals surface area contributed by atoms with Crippen molar-refractivity contribution in [2.75, 3.05) is 4.90 Å². The largest absolute Gasteiger partial charge is 0.311 e. The fraction of sp³-hybridized carbons (Fsp3) is 0. The van der Waals surface area contributed by atoms with E-state index in [2.05, 4.69) is 120 Å². The van der Waals surface area contributed by atoms with Crippen LogP contribution in [0, 0.1) is 5.82 Å². The average Bonchev–Trinajstić information content (AvgIpc) is 3.06. The fourth-order valence-electron chi connectivity index (χ4n) is 5.55. The molecule has 42 heavy (non-hydrogen) atoms. The van der Waals surface area contributed by atoms with Gasteiger partial charge in [0.05, 0.1) is 0 Å². The van der Waals surface area contributed by atoms with Gasteiger partial charge in [-0.1, -0.05) is 115 Å². The predicted octanol–water partition coefficient (Wildman–Crippen LogP) is 11.4. The lowest BCUT2D eigenvalue weighted by Crippen LogP contribution is -2.09. The number of hydrogen-bond acceptors (Lipinski definition) is 1. The highest BCUT2D eigenvalue weighted by Gasteiger charge is 2.12. The van der Waals surface area contributed by atoms with Gasteiger partial charge in [0, 0.05) is 22.6 Å². The van der Waals surface area contributed by atoms with E-state index in [1.165, 1.54) is 0 Å². The van der Waals surface area contributed by atoms with Gasteiger partial charge in [-0.15, -0.1) is 0 Å². The van der Waals surface area contributed by atoms with Crippen LogP contribution in [0.5, 0.6) is 0 Å². The van der Waals surface area contributed by atoms with E-state index in [1.54, 1.807) is 6.07 Å². The quantitative estimate of drug-likeness (QED) is 0.202. The third-order valence-corrected chi connectivity index (χ3v) is 7.72. The van der Waals surface area contributed by atoms with Gasteiger partial charge in [0.2, 0.25) is 0 Å². The molecule has 0 aliphatic rings. The third kappa shape index (κ3) is 5.07. The van der Waals surface area contributed by atoms with Crippen LogP contribution in [0.2, 0.25) is 0 Å². The van der Waals surface area contributed by atoms with Gasteiger partial charge in [-0.3, -0.25) is 0 Å². The Bertz CT molecular complexity index is 1910. The van der Waals surface area contributed by atoms with Gasteiger partial charge >= 0.3 is 0 Å². The van der Waals surface area contributed by atoms with Crippen LogP contribution in [0.15, 0.2) is 170 Å². The Labute approximate surface area is 245 Å². The topological polar surface area (TPSA) is 3.24 Å². The summed E-state index contributed by atoms with van der Waals surface area (Å²) in [5.74, 6) is -0.206. The van der Waals surface area contributed by atoms with Gasteiger partial charge in [0.15, 0.2) is 0 Å². The van der Waals surface area contributed by atoms with Gasteiger partial charge in [-0.05, 0) is 93.2 Å². The minimum absolute atomic E-state index is 0.206. The van der Waals surface area contributed by atoms with E-state index < -0.39 is 0 Å². The van der Waals surface area contributed by atoms with E-state index in [0.717, 1.165) is 55.7 Å². The zero-order valence-electron chi connectivity index (χ0n) is 23.0. The third-order valence-electron chi connectivity index (χ3n) is 7.72. The number of nitrogens with zero attached hydrogens (tertiary/aromatic N) is 1. The number of fused-ring (bicyclic) bond motifs is 1. The molecular formula is C40H28FN. The maximum absolute atomic E-state index is 15.0. The highest BCUT2D eigenvalue weighted by molar-refractivity contribution is 5.91. The Morgan fingerprint density at radius 2 is 0.786 bits per heavy atom. The normalized spacial score (nSPS) is 11.0. The SMILES string of the molecule is Fc1cc2cc(-c3ccc(-c4ccc(N(c5ccccc5)c5ccccc5)cc4)cc3)ccc2cc1-c1ccccc1. The second-order valence-corrected chi connectivity index (χ2v) is 10.4. The molecule has 0 heterocycles. The Hall–Kier alpha value is -5.47. The number of rotatable bonds is 6. The van der Waals surface area contributed by atoms with Crippen LogP contribution in [-0.2, 0) is 0 Å². The van der Waals surface area contributed by atoms with Crippen molar-refractivity contribution >= 4 is 27.8 Å². The Balaban J connectivity index is 1.15. The lowest BCUT2D eigenvalue weighted by molar-refractivity contribution is 0.633. The van der Waals surface area contributed by atoms with Crippen LogP contribution < -0.4 is 4.90 Å². The predicted molar refractivity (Wildman–Crippen MR) is 175 cm³/mol. The summed E-state index contributed by atoms with van der Waals surface area (Å²) >= 11 is 0. The van der Waals surface area contributed by atoms with Crippen molar-refractivity contribution < 1.29 is 4.39 Å². The number of para-hydroxylation sites is 2. The van der Waals surface area contributed by atoms with Crippen LogP contribution in [-0.4, -0.2) is 0 Å².